The van der Waals surface area contributed by atoms with E-state index in [4.69, 9.17) is 0 Å². The topological polar surface area (TPSA) is 198 Å². The molecule has 15 nitrogen and oxygen atoms in total. The molecule has 4 bridgehead atoms. The zero-order valence-corrected chi connectivity index (χ0v) is 26.9. The Bertz CT molecular complexity index is 1440. The molecule has 4 atom stereocenters. The van der Waals surface area contributed by atoms with Crippen LogP contribution in [0.15, 0.2) is 48.5 Å². The molecule has 6 aliphatic rings. The SMILES string of the molecule is CCC1NC(=O)C1SC(=O)SSCN1CCCCC1.O=C1OC([N+](=O)[O-])c2ccc1cc2.O=C1Oc2ccc(cc2)C([N+](=O)[O-])O1. The molecule has 2 fully saturated rings. The Hall–Kier alpha value is -3.87. The van der Waals surface area contributed by atoms with Crippen molar-refractivity contribution in [3.8, 4) is 5.75 Å². The minimum atomic E-state index is -1.49. The molecular formula is C28H30N4O11S3. The Kier molecular flexibility index (Phi) is 12.6. The summed E-state index contributed by atoms with van der Waals surface area (Å²) in [7, 11) is 2.88. The van der Waals surface area contributed by atoms with Crippen LogP contribution in [0.25, 0.3) is 0 Å². The Labute approximate surface area is 275 Å². The summed E-state index contributed by atoms with van der Waals surface area (Å²) in [5.74, 6) is 0.569. The van der Waals surface area contributed by atoms with Crippen LogP contribution in [0, 0.1) is 20.2 Å². The van der Waals surface area contributed by atoms with E-state index >= 15 is 0 Å². The largest absolute Gasteiger partial charge is 0.519 e. The lowest BCUT2D eigenvalue weighted by atomic mass is 10.0. The molecule has 1 amide bonds. The maximum atomic E-state index is 11.8. The van der Waals surface area contributed by atoms with Gasteiger partial charge in [0.1, 0.15) is 11.0 Å². The summed E-state index contributed by atoms with van der Waals surface area (Å²) in [6, 6.07) is 12.2. The molecule has 2 aromatic carbocycles. The van der Waals surface area contributed by atoms with E-state index in [1.54, 1.807) is 10.8 Å². The molecule has 8 rings (SSSR count). The van der Waals surface area contributed by atoms with E-state index in [1.165, 1.54) is 90.3 Å². The van der Waals surface area contributed by atoms with Crippen LogP contribution < -0.4 is 10.1 Å². The van der Waals surface area contributed by atoms with Gasteiger partial charge in [0.2, 0.25) is 5.91 Å². The summed E-state index contributed by atoms with van der Waals surface area (Å²) in [4.78, 5) is 67.2. The summed E-state index contributed by atoms with van der Waals surface area (Å²) >= 11 is 1.19. The Balaban J connectivity index is 0.000000160. The first-order valence-electron chi connectivity index (χ1n) is 14.1. The van der Waals surface area contributed by atoms with Crippen LogP contribution in [0.5, 0.6) is 5.75 Å². The number of rotatable bonds is 7. The van der Waals surface area contributed by atoms with Crippen molar-refractivity contribution in [2.45, 2.75) is 56.4 Å². The lowest BCUT2D eigenvalue weighted by molar-refractivity contribution is -0.576. The number of likely N-dealkylation sites (tertiary alicyclic amines) is 1. The van der Waals surface area contributed by atoms with Gasteiger partial charge in [-0.1, -0.05) is 35.9 Å². The van der Waals surface area contributed by atoms with Gasteiger partial charge < -0.3 is 19.5 Å². The van der Waals surface area contributed by atoms with Crippen LogP contribution in [-0.4, -0.2) is 67.5 Å². The molecule has 4 unspecified atom stereocenters. The Morgan fingerprint density at radius 2 is 1.50 bits per heavy atom. The molecule has 0 aliphatic carbocycles. The number of amides is 1. The maximum absolute atomic E-state index is 11.8. The number of piperidine rings is 1. The molecular weight excluding hydrogens is 665 g/mol. The molecule has 0 aromatic heterocycles. The van der Waals surface area contributed by atoms with Gasteiger partial charge in [-0.05, 0) is 91.7 Å². The average molecular weight is 695 g/mol. The molecule has 0 radical (unpaired) electrons. The molecule has 2 aromatic rings. The molecule has 2 saturated heterocycles. The predicted molar refractivity (Wildman–Crippen MR) is 169 cm³/mol. The molecule has 0 spiro atoms. The summed E-state index contributed by atoms with van der Waals surface area (Å²) in [5, 5.41) is 23.7. The number of nitrogens with one attached hydrogen (secondary N) is 1. The number of benzene rings is 2. The van der Waals surface area contributed by atoms with Crippen molar-refractivity contribution in [2.75, 3.05) is 19.0 Å². The number of esters is 1. The van der Waals surface area contributed by atoms with Crippen molar-refractivity contribution < 1.29 is 43.2 Å². The van der Waals surface area contributed by atoms with Gasteiger partial charge in [0.15, 0.2) is 0 Å². The van der Waals surface area contributed by atoms with Gasteiger partial charge >= 0.3 is 24.6 Å². The molecule has 46 heavy (non-hydrogen) atoms. The Morgan fingerprint density at radius 1 is 0.913 bits per heavy atom. The van der Waals surface area contributed by atoms with Gasteiger partial charge in [-0.25, -0.2) is 9.59 Å². The molecule has 18 heteroatoms. The number of thioether (sulfide) groups is 1. The van der Waals surface area contributed by atoms with Crippen LogP contribution in [0.1, 0.15) is 66.5 Å². The monoisotopic (exact) mass is 694 g/mol. The van der Waals surface area contributed by atoms with Gasteiger partial charge in [0, 0.05) is 6.04 Å². The number of β-lactam (4-membered cyclic amide) rings is 1. The minimum Gasteiger partial charge on any atom is -0.395 e. The van der Waals surface area contributed by atoms with Crippen molar-refractivity contribution in [1.82, 2.24) is 10.2 Å². The zero-order chi connectivity index (χ0) is 33.2. The number of nitrogens with zero attached hydrogens (tertiary/aromatic N) is 3. The van der Waals surface area contributed by atoms with E-state index in [0.29, 0.717) is 22.4 Å². The van der Waals surface area contributed by atoms with E-state index in [-0.39, 0.29) is 21.6 Å². The van der Waals surface area contributed by atoms with Crippen molar-refractivity contribution in [3.63, 3.8) is 0 Å². The van der Waals surface area contributed by atoms with Gasteiger partial charge in [-0.15, -0.1) is 0 Å². The molecule has 1 N–H and O–H groups in total. The quantitative estimate of drug-likeness (QED) is 0.0942. The van der Waals surface area contributed by atoms with Gasteiger partial charge in [0.25, 0.3) is 4.45 Å². The average Bonchev–Trinajstić information content (AvgIpc) is 3.30. The summed E-state index contributed by atoms with van der Waals surface area (Å²) < 4.78 is 13.8. The molecule has 0 saturated carbocycles. The third-order valence-corrected chi connectivity index (χ3v) is 10.7. The minimum absolute atomic E-state index is 0.00632. The fourth-order valence-corrected chi connectivity index (χ4v) is 8.08. The number of ether oxygens (including phenoxy) is 3. The highest BCUT2D eigenvalue weighted by atomic mass is 33.1. The molecule has 6 heterocycles. The van der Waals surface area contributed by atoms with Crippen LogP contribution in [-0.2, 0) is 14.3 Å². The van der Waals surface area contributed by atoms with Crippen LogP contribution in [0.3, 0.4) is 0 Å². The third kappa shape index (κ3) is 9.57. The van der Waals surface area contributed by atoms with E-state index < -0.39 is 34.4 Å². The third-order valence-electron chi connectivity index (χ3n) is 7.03. The van der Waals surface area contributed by atoms with E-state index in [0.717, 1.165) is 25.4 Å². The number of carbonyl (C=O) groups excluding carboxylic acids is 4. The lowest BCUT2D eigenvalue weighted by Gasteiger charge is -2.34. The summed E-state index contributed by atoms with van der Waals surface area (Å²) in [6.07, 6.45) is 0.855. The van der Waals surface area contributed by atoms with Crippen LogP contribution >= 0.6 is 33.3 Å². The second-order valence-corrected chi connectivity index (χ2v) is 13.8. The highest BCUT2D eigenvalue weighted by Crippen LogP contribution is 2.35. The zero-order valence-electron chi connectivity index (χ0n) is 24.4. The number of fused-ring (bicyclic) bond motifs is 9. The number of hydrogen-bond acceptors (Lipinski definition) is 15. The maximum Gasteiger partial charge on any atom is 0.519 e. The highest BCUT2D eigenvalue weighted by molar-refractivity contribution is 8.86. The van der Waals surface area contributed by atoms with Crippen molar-refractivity contribution >= 4 is 55.8 Å². The normalized spacial score (nSPS) is 22.8. The van der Waals surface area contributed by atoms with Gasteiger partial charge in [0.05, 0.1) is 32.4 Å². The first kappa shape index (κ1) is 35.0. The second-order valence-electron chi connectivity index (χ2n) is 10.2. The van der Waals surface area contributed by atoms with Gasteiger partial charge in [-0.2, -0.15) is 0 Å². The molecule has 246 valence electrons. The van der Waals surface area contributed by atoms with Crippen LogP contribution in [0.4, 0.5) is 9.59 Å². The molecule has 6 aliphatic heterocycles. The van der Waals surface area contributed by atoms with E-state index in [9.17, 15) is 39.4 Å². The fraction of sp³-hybridized carbons (Fsp3) is 0.429. The first-order chi connectivity index (χ1) is 22.0. The summed E-state index contributed by atoms with van der Waals surface area (Å²) in [5.41, 5.74) is 1.04. The fourth-order valence-electron chi connectivity index (χ4n) is 4.57. The lowest BCUT2D eigenvalue weighted by Crippen LogP contribution is -2.60. The smallest absolute Gasteiger partial charge is 0.395 e. The highest BCUT2D eigenvalue weighted by Gasteiger charge is 2.40. The van der Waals surface area contributed by atoms with Crippen molar-refractivity contribution in [2.24, 2.45) is 0 Å². The number of carbonyl (C=O) groups is 4. The van der Waals surface area contributed by atoms with Crippen molar-refractivity contribution in [1.29, 1.82) is 0 Å². The second kappa shape index (κ2) is 16.6. The number of hydrogen-bond donors (Lipinski definition) is 1. The van der Waals surface area contributed by atoms with Crippen LogP contribution in [0.2, 0.25) is 0 Å². The standard InChI is InChI=1S/C12H20N2O2S3.C8H5NO5.C8H5NO4/c1-2-9-10(11(15)13-9)18-12(16)19-17-8-14-6-4-3-5-7-14;10-8-13-6-3-1-5(2-4-6)7(14-8)9(11)12;10-8-6-3-1-5(2-4-6)7(13-8)9(11)12/h9-10H,2-8H2,1H3,(H,13,15);1-4,7H;1-4,7H. The number of nitro groups is 2. The Morgan fingerprint density at radius 3 is 2.07 bits per heavy atom. The van der Waals surface area contributed by atoms with E-state index in [1.807, 2.05) is 6.92 Å². The van der Waals surface area contributed by atoms with Gasteiger partial charge in [-0.3, -0.25) is 34.7 Å². The van der Waals surface area contributed by atoms with E-state index in [2.05, 4.69) is 24.4 Å². The first-order valence-corrected chi connectivity index (χ1v) is 17.3. The predicted octanol–water partition coefficient (Wildman–Crippen LogP) is 5.56. The van der Waals surface area contributed by atoms with Crippen molar-refractivity contribution in [3.05, 3.63) is 85.4 Å². The summed E-state index contributed by atoms with van der Waals surface area (Å²) in [6.45, 7) is 4.33.